The highest BCUT2D eigenvalue weighted by atomic mass is 35.5. The van der Waals surface area contributed by atoms with Crippen LogP contribution in [0.5, 0.6) is 0 Å². The summed E-state index contributed by atoms with van der Waals surface area (Å²) >= 11 is 5.70. The Labute approximate surface area is 124 Å². The first-order chi connectivity index (χ1) is 9.56. The fourth-order valence-corrected chi connectivity index (χ4v) is 2.53. The lowest BCUT2D eigenvalue weighted by molar-refractivity contribution is 0.624. The van der Waals surface area contributed by atoms with Crippen LogP contribution in [0.25, 0.3) is 0 Å². The molecule has 20 heavy (non-hydrogen) atoms. The Bertz CT molecular complexity index is 610. The molecule has 1 nitrogen and oxygen atoms in total. The molecular weight excluding hydrogens is 273 g/mol. The Morgan fingerprint density at radius 3 is 2.20 bits per heavy atom. The van der Waals surface area contributed by atoms with E-state index in [1.807, 2.05) is 6.07 Å². The van der Waals surface area contributed by atoms with Crippen molar-refractivity contribution in [2.75, 3.05) is 0 Å². The van der Waals surface area contributed by atoms with Crippen LogP contribution in [0.4, 0.5) is 4.39 Å². The number of rotatable bonds is 4. The fraction of sp³-hybridized carbons (Fsp3) is 0.294. The van der Waals surface area contributed by atoms with Gasteiger partial charge in [0.05, 0.1) is 11.1 Å². The molecular formula is C17H19ClFN. The van der Waals surface area contributed by atoms with E-state index in [0.29, 0.717) is 0 Å². The third-order valence-corrected chi connectivity index (χ3v) is 3.96. The Morgan fingerprint density at radius 2 is 1.60 bits per heavy atom. The molecule has 106 valence electrons. The number of nitrogens with two attached hydrogens (primary N) is 1. The van der Waals surface area contributed by atoms with E-state index < -0.39 is 5.82 Å². The summed E-state index contributed by atoms with van der Waals surface area (Å²) in [6.45, 7) is 4.27. The van der Waals surface area contributed by atoms with Crippen molar-refractivity contribution in [1.82, 2.24) is 0 Å². The SMILES string of the molecule is CCc1ccc(C(N)c2ccc(Cl)c(F)c2)cc1CC. The molecule has 1 atom stereocenters. The van der Waals surface area contributed by atoms with Gasteiger partial charge in [-0.05, 0) is 47.2 Å². The predicted octanol–water partition coefficient (Wildman–Crippen LogP) is 4.65. The zero-order valence-corrected chi connectivity index (χ0v) is 12.5. The molecule has 2 aromatic rings. The molecule has 3 heteroatoms. The van der Waals surface area contributed by atoms with Crippen molar-refractivity contribution in [3.8, 4) is 0 Å². The summed E-state index contributed by atoms with van der Waals surface area (Å²) in [4.78, 5) is 0. The van der Waals surface area contributed by atoms with Crippen molar-refractivity contribution >= 4 is 11.6 Å². The van der Waals surface area contributed by atoms with Gasteiger partial charge >= 0.3 is 0 Å². The number of aryl methyl sites for hydroxylation is 2. The summed E-state index contributed by atoms with van der Waals surface area (Å²) in [5, 5.41) is 0.122. The van der Waals surface area contributed by atoms with Gasteiger partial charge in [-0.1, -0.05) is 49.7 Å². The lowest BCUT2D eigenvalue weighted by Gasteiger charge is -2.16. The number of halogens is 2. The van der Waals surface area contributed by atoms with Crippen LogP contribution in [-0.4, -0.2) is 0 Å². The van der Waals surface area contributed by atoms with E-state index in [9.17, 15) is 4.39 Å². The second-order valence-corrected chi connectivity index (χ2v) is 5.29. The molecule has 0 spiro atoms. The van der Waals surface area contributed by atoms with Crippen LogP contribution in [-0.2, 0) is 12.8 Å². The van der Waals surface area contributed by atoms with Crippen molar-refractivity contribution in [3.05, 3.63) is 69.5 Å². The first kappa shape index (κ1) is 15.0. The van der Waals surface area contributed by atoms with Crippen molar-refractivity contribution < 1.29 is 4.39 Å². The Balaban J connectivity index is 2.37. The lowest BCUT2D eigenvalue weighted by atomic mass is 9.94. The molecule has 0 aromatic heterocycles. The quantitative estimate of drug-likeness (QED) is 0.871. The summed E-state index contributed by atoms with van der Waals surface area (Å²) in [5.74, 6) is -0.430. The molecule has 0 saturated heterocycles. The van der Waals surface area contributed by atoms with E-state index in [0.717, 1.165) is 24.0 Å². The third-order valence-electron chi connectivity index (χ3n) is 3.65. The molecule has 0 heterocycles. The molecule has 0 fully saturated rings. The average Bonchev–Trinajstić information content (AvgIpc) is 2.48. The molecule has 2 rings (SSSR count). The summed E-state index contributed by atoms with van der Waals surface area (Å²) < 4.78 is 13.5. The standard InChI is InChI=1S/C17H19ClFN/c1-3-11-5-6-13(9-12(11)4-2)17(20)14-7-8-15(18)16(19)10-14/h5-10,17H,3-4,20H2,1-2H3. The maximum Gasteiger partial charge on any atom is 0.142 e. The van der Waals surface area contributed by atoms with Crippen LogP contribution in [0.15, 0.2) is 36.4 Å². The van der Waals surface area contributed by atoms with Gasteiger partial charge in [0.1, 0.15) is 5.82 Å². The summed E-state index contributed by atoms with van der Waals surface area (Å²) in [7, 11) is 0. The first-order valence-electron chi connectivity index (χ1n) is 6.89. The maximum absolute atomic E-state index is 13.5. The van der Waals surface area contributed by atoms with Crippen LogP contribution >= 0.6 is 11.6 Å². The van der Waals surface area contributed by atoms with E-state index in [2.05, 4.69) is 26.0 Å². The molecule has 1 unspecified atom stereocenters. The first-order valence-corrected chi connectivity index (χ1v) is 7.26. The van der Waals surface area contributed by atoms with Crippen LogP contribution in [0.2, 0.25) is 5.02 Å². The molecule has 0 radical (unpaired) electrons. The normalized spacial score (nSPS) is 12.4. The second kappa shape index (κ2) is 6.38. The Kier molecular flexibility index (Phi) is 4.79. The molecule has 0 bridgehead atoms. The van der Waals surface area contributed by atoms with Crippen molar-refractivity contribution in [2.45, 2.75) is 32.7 Å². The zero-order chi connectivity index (χ0) is 14.7. The van der Waals surface area contributed by atoms with Crippen molar-refractivity contribution in [3.63, 3.8) is 0 Å². The summed E-state index contributed by atoms with van der Waals surface area (Å²) in [6, 6.07) is 10.7. The van der Waals surface area contributed by atoms with Crippen LogP contribution in [0.1, 0.15) is 42.1 Å². The number of hydrogen-bond acceptors (Lipinski definition) is 1. The highest BCUT2D eigenvalue weighted by Crippen LogP contribution is 2.25. The minimum atomic E-state index is -0.430. The lowest BCUT2D eigenvalue weighted by Crippen LogP contribution is -2.13. The van der Waals surface area contributed by atoms with E-state index in [4.69, 9.17) is 17.3 Å². The van der Waals surface area contributed by atoms with Crippen LogP contribution < -0.4 is 5.73 Å². The van der Waals surface area contributed by atoms with E-state index in [1.165, 1.54) is 17.2 Å². The number of hydrogen-bond donors (Lipinski definition) is 1. The average molecular weight is 292 g/mol. The molecule has 0 saturated carbocycles. The van der Waals surface area contributed by atoms with Crippen LogP contribution in [0.3, 0.4) is 0 Å². The van der Waals surface area contributed by atoms with Gasteiger partial charge in [-0.3, -0.25) is 0 Å². The van der Waals surface area contributed by atoms with Crippen molar-refractivity contribution in [2.24, 2.45) is 5.73 Å². The second-order valence-electron chi connectivity index (χ2n) is 4.89. The largest absolute Gasteiger partial charge is 0.320 e. The summed E-state index contributed by atoms with van der Waals surface area (Å²) in [5.41, 5.74) is 10.6. The smallest absolute Gasteiger partial charge is 0.142 e. The van der Waals surface area contributed by atoms with E-state index in [1.54, 1.807) is 12.1 Å². The minimum Gasteiger partial charge on any atom is -0.320 e. The van der Waals surface area contributed by atoms with Gasteiger partial charge in [-0.2, -0.15) is 0 Å². The zero-order valence-electron chi connectivity index (χ0n) is 11.8. The fourth-order valence-electron chi connectivity index (χ4n) is 2.41. The highest BCUT2D eigenvalue weighted by Gasteiger charge is 2.12. The Morgan fingerprint density at radius 1 is 1.00 bits per heavy atom. The predicted molar refractivity (Wildman–Crippen MR) is 82.6 cm³/mol. The molecule has 0 aliphatic rings. The molecule has 0 aliphatic carbocycles. The monoisotopic (exact) mass is 291 g/mol. The molecule has 2 N–H and O–H groups in total. The van der Waals surface area contributed by atoms with Gasteiger partial charge < -0.3 is 5.73 Å². The maximum atomic E-state index is 13.5. The molecule has 0 aliphatic heterocycles. The van der Waals surface area contributed by atoms with Gasteiger partial charge in [0.2, 0.25) is 0 Å². The van der Waals surface area contributed by atoms with Crippen LogP contribution in [0, 0.1) is 5.82 Å². The molecule has 0 amide bonds. The summed E-state index contributed by atoms with van der Waals surface area (Å²) in [6.07, 6.45) is 1.98. The van der Waals surface area contributed by atoms with Gasteiger partial charge in [0.25, 0.3) is 0 Å². The van der Waals surface area contributed by atoms with Crippen molar-refractivity contribution in [1.29, 1.82) is 0 Å². The van der Waals surface area contributed by atoms with Gasteiger partial charge in [-0.15, -0.1) is 0 Å². The minimum absolute atomic E-state index is 0.122. The van der Waals surface area contributed by atoms with Gasteiger partial charge in [-0.25, -0.2) is 4.39 Å². The highest BCUT2D eigenvalue weighted by molar-refractivity contribution is 6.30. The topological polar surface area (TPSA) is 26.0 Å². The third kappa shape index (κ3) is 3.02. The van der Waals surface area contributed by atoms with E-state index >= 15 is 0 Å². The van der Waals surface area contributed by atoms with Gasteiger partial charge in [0.15, 0.2) is 0 Å². The van der Waals surface area contributed by atoms with E-state index in [-0.39, 0.29) is 11.1 Å². The van der Waals surface area contributed by atoms with Gasteiger partial charge in [0, 0.05) is 0 Å². The number of benzene rings is 2. The Hall–Kier alpha value is -1.38. The molecule has 2 aromatic carbocycles.